The highest BCUT2D eigenvalue weighted by Gasteiger charge is 2.34. The van der Waals surface area contributed by atoms with Crippen LogP contribution < -0.4 is 10.2 Å². The quantitative estimate of drug-likeness (QED) is 0.806. The molecule has 7 heteroatoms. The monoisotopic (exact) mass is 236 g/mol. The molecule has 1 aliphatic rings. The van der Waals surface area contributed by atoms with E-state index in [1.165, 1.54) is 6.07 Å². The molecule has 0 spiro atoms. The molecule has 2 rings (SSSR count). The Hall–Kier alpha value is -1.24. The van der Waals surface area contributed by atoms with Gasteiger partial charge >= 0.3 is 6.18 Å². The number of carbonyl (C=O) groups excluding carboxylic acids is 1. The maximum Gasteiger partial charge on any atom is 0.405 e. The standard InChI is InChI=1S/C8H7F3N2OS/c9-8(10,11)3-13-4-12-7(14)6-5(13)1-2-15-6/h1-2H,3-4H2,(H,12,14). The van der Waals surface area contributed by atoms with Gasteiger partial charge in [0.05, 0.1) is 12.4 Å². The van der Waals surface area contributed by atoms with E-state index in [0.29, 0.717) is 10.6 Å². The summed E-state index contributed by atoms with van der Waals surface area (Å²) in [6, 6.07) is 1.53. The van der Waals surface area contributed by atoms with Crippen LogP contribution in [0.5, 0.6) is 0 Å². The molecule has 3 nitrogen and oxygen atoms in total. The van der Waals surface area contributed by atoms with Gasteiger partial charge in [0.1, 0.15) is 11.4 Å². The summed E-state index contributed by atoms with van der Waals surface area (Å²) in [7, 11) is 0. The minimum atomic E-state index is -4.26. The number of fused-ring (bicyclic) bond motifs is 1. The summed E-state index contributed by atoms with van der Waals surface area (Å²) in [5, 5.41) is 4.00. The van der Waals surface area contributed by atoms with Crippen molar-refractivity contribution in [2.45, 2.75) is 6.18 Å². The van der Waals surface area contributed by atoms with Gasteiger partial charge in [0.25, 0.3) is 5.91 Å². The van der Waals surface area contributed by atoms with Gasteiger partial charge in [0.2, 0.25) is 0 Å². The molecule has 0 fully saturated rings. The lowest BCUT2D eigenvalue weighted by Gasteiger charge is -2.29. The molecule has 1 N–H and O–H groups in total. The number of hydrogen-bond acceptors (Lipinski definition) is 3. The topological polar surface area (TPSA) is 32.3 Å². The molecule has 0 unspecified atom stereocenters. The highest BCUT2D eigenvalue weighted by atomic mass is 32.1. The number of thiophene rings is 1. The molecular formula is C8H7F3N2OS. The molecule has 0 bridgehead atoms. The zero-order valence-corrected chi connectivity index (χ0v) is 8.28. The van der Waals surface area contributed by atoms with Crippen molar-refractivity contribution < 1.29 is 18.0 Å². The molecule has 82 valence electrons. The van der Waals surface area contributed by atoms with Gasteiger partial charge in [0.15, 0.2) is 0 Å². The third-order valence-electron chi connectivity index (χ3n) is 1.99. The van der Waals surface area contributed by atoms with Crippen molar-refractivity contribution in [1.82, 2.24) is 5.32 Å². The second kappa shape index (κ2) is 3.41. The number of amides is 1. The molecule has 15 heavy (non-hydrogen) atoms. The van der Waals surface area contributed by atoms with Gasteiger partial charge in [0, 0.05) is 0 Å². The first-order valence-electron chi connectivity index (χ1n) is 4.15. The van der Waals surface area contributed by atoms with Crippen LogP contribution in [0.4, 0.5) is 18.9 Å². The summed E-state index contributed by atoms with van der Waals surface area (Å²) in [6.45, 7) is -1.14. The molecule has 0 radical (unpaired) electrons. The van der Waals surface area contributed by atoms with Crippen LogP contribution in [-0.4, -0.2) is 25.3 Å². The van der Waals surface area contributed by atoms with Gasteiger partial charge in [-0.3, -0.25) is 4.79 Å². The number of halogens is 3. The number of carbonyl (C=O) groups is 1. The second-order valence-electron chi connectivity index (χ2n) is 3.11. The van der Waals surface area contributed by atoms with Crippen molar-refractivity contribution in [3.05, 3.63) is 16.3 Å². The maximum absolute atomic E-state index is 12.2. The zero-order valence-electron chi connectivity index (χ0n) is 7.47. The van der Waals surface area contributed by atoms with Crippen molar-refractivity contribution >= 4 is 22.9 Å². The lowest BCUT2D eigenvalue weighted by molar-refractivity contribution is -0.119. The van der Waals surface area contributed by atoms with Gasteiger partial charge < -0.3 is 10.2 Å². The van der Waals surface area contributed by atoms with Crippen LogP contribution in [0.15, 0.2) is 11.4 Å². The molecule has 1 aromatic rings. The summed E-state index contributed by atoms with van der Waals surface area (Å²) < 4.78 is 36.6. The largest absolute Gasteiger partial charge is 0.405 e. The van der Waals surface area contributed by atoms with Crippen molar-refractivity contribution in [3.63, 3.8) is 0 Å². The first-order valence-corrected chi connectivity index (χ1v) is 5.03. The van der Waals surface area contributed by atoms with Crippen LogP contribution in [0.2, 0.25) is 0 Å². The minimum absolute atomic E-state index is 0.0952. The van der Waals surface area contributed by atoms with E-state index in [4.69, 9.17) is 0 Å². The summed E-state index contributed by atoms with van der Waals surface area (Å²) in [4.78, 5) is 12.7. The van der Waals surface area contributed by atoms with Crippen molar-refractivity contribution in [2.75, 3.05) is 18.1 Å². The Bertz CT molecular complexity index is 387. The third kappa shape index (κ3) is 2.06. The van der Waals surface area contributed by atoms with E-state index in [0.717, 1.165) is 16.2 Å². The summed E-state index contributed by atoms with van der Waals surface area (Å²) >= 11 is 1.14. The fourth-order valence-electron chi connectivity index (χ4n) is 1.41. The average Bonchev–Trinajstić information content (AvgIpc) is 2.57. The molecule has 0 saturated carbocycles. The van der Waals surface area contributed by atoms with E-state index in [-0.39, 0.29) is 12.6 Å². The fourth-order valence-corrected chi connectivity index (χ4v) is 2.24. The van der Waals surface area contributed by atoms with Gasteiger partial charge in [-0.15, -0.1) is 11.3 Å². The van der Waals surface area contributed by atoms with E-state index >= 15 is 0 Å². The maximum atomic E-state index is 12.2. The van der Waals surface area contributed by atoms with Crippen LogP contribution >= 0.6 is 11.3 Å². The molecule has 0 aliphatic carbocycles. The predicted molar refractivity (Wildman–Crippen MR) is 50.1 cm³/mol. The third-order valence-corrected chi connectivity index (χ3v) is 2.89. The van der Waals surface area contributed by atoms with Crippen LogP contribution in [0.1, 0.15) is 9.67 Å². The number of hydrogen-bond donors (Lipinski definition) is 1. The summed E-state index contributed by atoms with van der Waals surface area (Å²) in [5.41, 5.74) is 0.362. The van der Waals surface area contributed by atoms with Crippen LogP contribution in [-0.2, 0) is 0 Å². The first-order chi connectivity index (χ1) is 6.97. The molecule has 1 amide bonds. The molecule has 0 aromatic carbocycles. The number of anilines is 1. The molecular weight excluding hydrogens is 229 g/mol. The Balaban J connectivity index is 2.25. The number of nitrogens with zero attached hydrogens (tertiary/aromatic N) is 1. The lowest BCUT2D eigenvalue weighted by atomic mass is 10.3. The van der Waals surface area contributed by atoms with Gasteiger partial charge in [-0.05, 0) is 11.4 Å². The van der Waals surface area contributed by atoms with E-state index in [1.807, 2.05) is 0 Å². The average molecular weight is 236 g/mol. The van der Waals surface area contributed by atoms with Gasteiger partial charge in [-0.25, -0.2) is 0 Å². The van der Waals surface area contributed by atoms with Gasteiger partial charge in [-0.2, -0.15) is 13.2 Å². The van der Waals surface area contributed by atoms with E-state index in [2.05, 4.69) is 5.32 Å². The Labute approximate surface area is 87.5 Å². The Morgan fingerprint density at radius 1 is 1.53 bits per heavy atom. The molecule has 0 atom stereocenters. The van der Waals surface area contributed by atoms with E-state index in [9.17, 15) is 18.0 Å². The van der Waals surface area contributed by atoms with Crippen molar-refractivity contribution in [2.24, 2.45) is 0 Å². The van der Waals surface area contributed by atoms with Crippen LogP contribution in [0.3, 0.4) is 0 Å². The summed E-state index contributed by atoms with van der Waals surface area (Å²) in [6.07, 6.45) is -4.26. The van der Waals surface area contributed by atoms with E-state index < -0.39 is 12.7 Å². The van der Waals surface area contributed by atoms with Crippen LogP contribution in [0, 0.1) is 0 Å². The molecule has 1 aromatic heterocycles. The Morgan fingerprint density at radius 3 is 2.93 bits per heavy atom. The highest BCUT2D eigenvalue weighted by Crippen LogP contribution is 2.30. The highest BCUT2D eigenvalue weighted by molar-refractivity contribution is 7.12. The predicted octanol–water partition coefficient (Wildman–Crippen LogP) is 1.82. The smallest absolute Gasteiger partial charge is 0.343 e. The number of alkyl halides is 3. The molecule has 2 heterocycles. The SMILES string of the molecule is O=C1NCN(CC(F)(F)F)c2ccsc21. The molecule has 1 aliphatic heterocycles. The Morgan fingerprint density at radius 2 is 2.27 bits per heavy atom. The fraction of sp³-hybridized carbons (Fsp3) is 0.375. The minimum Gasteiger partial charge on any atom is -0.343 e. The molecule has 0 saturated heterocycles. The normalized spacial score (nSPS) is 16.2. The van der Waals surface area contributed by atoms with Crippen molar-refractivity contribution in [1.29, 1.82) is 0 Å². The number of rotatable bonds is 1. The van der Waals surface area contributed by atoms with E-state index in [1.54, 1.807) is 5.38 Å². The lowest BCUT2D eigenvalue weighted by Crippen LogP contribution is -2.46. The number of nitrogens with one attached hydrogen (secondary N) is 1. The van der Waals surface area contributed by atoms with Crippen molar-refractivity contribution in [3.8, 4) is 0 Å². The summed E-state index contributed by atoms with van der Waals surface area (Å²) in [5.74, 6) is -0.307. The van der Waals surface area contributed by atoms with Crippen LogP contribution in [0.25, 0.3) is 0 Å². The first kappa shape index (κ1) is 10.3. The van der Waals surface area contributed by atoms with Gasteiger partial charge in [-0.1, -0.05) is 0 Å². The Kier molecular flexibility index (Phi) is 2.34. The second-order valence-corrected chi connectivity index (χ2v) is 4.03. The zero-order chi connectivity index (χ0) is 11.1.